The molecule has 0 saturated heterocycles. The highest BCUT2D eigenvalue weighted by Crippen LogP contribution is 2.31. The minimum absolute atomic E-state index is 0.122. The zero-order chi connectivity index (χ0) is 22.3. The van der Waals surface area contributed by atoms with E-state index in [2.05, 4.69) is 14.1 Å². The molecule has 0 aliphatic heterocycles. The van der Waals surface area contributed by atoms with Crippen LogP contribution in [0.1, 0.15) is 54.2 Å². The minimum atomic E-state index is -0.847. The van der Waals surface area contributed by atoms with Gasteiger partial charge in [0.05, 0.1) is 25.0 Å². The van der Waals surface area contributed by atoms with Crippen molar-refractivity contribution in [2.45, 2.75) is 44.2 Å². The van der Waals surface area contributed by atoms with Gasteiger partial charge in [-0.15, -0.1) is 0 Å². The van der Waals surface area contributed by atoms with Crippen molar-refractivity contribution in [2.24, 2.45) is 0 Å². The molecule has 1 aliphatic rings. The molecule has 1 aromatic heterocycles. The van der Waals surface area contributed by atoms with E-state index in [1.165, 1.54) is 17.5 Å². The lowest BCUT2D eigenvalue weighted by Gasteiger charge is -2.33. The summed E-state index contributed by atoms with van der Waals surface area (Å²) in [6.07, 6.45) is 6.75. The molecule has 7 nitrogen and oxygen atoms in total. The van der Waals surface area contributed by atoms with E-state index >= 15 is 0 Å². The molecule has 1 heterocycles. The summed E-state index contributed by atoms with van der Waals surface area (Å²) in [6.45, 7) is 0. The molecular weight excluding hydrogens is 424 g/mol. The lowest BCUT2D eigenvalue weighted by molar-refractivity contribution is -0.123. The highest BCUT2D eigenvalue weighted by Gasteiger charge is 2.35. The molecule has 1 N–H and O–H groups in total. The van der Waals surface area contributed by atoms with Gasteiger partial charge in [-0.3, -0.25) is 14.5 Å². The lowest BCUT2D eigenvalue weighted by atomic mass is 9.94. The predicted octanol–water partition coefficient (Wildman–Crippen LogP) is 4.38. The van der Waals surface area contributed by atoms with Crippen LogP contribution < -0.4 is 15.0 Å². The van der Waals surface area contributed by atoms with Crippen LogP contribution in [0, 0.1) is 0 Å². The molecule has 8 heteroatoms. The van der Waals surface area contributed by atoms with Crippen molar-refractivity contribution in [3.8, 4) is 5.75 Å². The van der Waals surface area contributed by atoms with Gasteiger partial charge in [-0.2, -0.15) is 8.75 Å². The van der Waals surface area contributed by atoms with Crippen LogP contribution in [-0.4, -0.2) is 33.7 Å². The number of aromatic nitrogens is 2. The molecular formula is C24H26N4O3S. The van der Waals surface area contributed by atoms with E-state index in [0.717, 1.165) is 43.0 Å². The molecule has 1 atom stereocenters. The summed E-state index contributed by atoms with van der Waals surface area (Å²) in [5.74, 6) is 0.0893. The minimum Gasteiger partial charge on any atom is -0.497 e. The number of carbonyl (C=O) groups is 2. The summed E-state index contributed by atoms with van der Waals surface area (Å²) >= 11 is 0.963. The van der Waals surface area contributed by atoms with E-state index < -0.39 is 6.04 Å². The van der Waals surface area contributed by atoms with Crippen LogP contribution in [0.4, 0.5) is 5.69 Å². The molecule has 166 valence electrons. The van der Waals surface area contributed by atoms with Crippen molar-refractivity contribution in [2.75, 3.05) is 12.0 Å². The van der Waals surface area contributed by atoms with Gasteiger partial charge >= 0.3 is 0 Å². The first-order chi connectivity index (χ1) is 15.7. The van der Waals surface area contributed by atoms with Crippen LogP contribution >= 0.6 is 11.7 Å². The molecule has 1 fully saturated rings. The normalized spacial score (nSPS) is 15.0. The zero-order valence-corrected chi connectivity index (χ0v) is 18.8. The Hall–Kier alpha value is -3.26. The van der Waals surface area contributed by atoms with Crippen molar-refractivity contribution < 1.29 is 14.3 Å². The molecule has 1 unspecified atom stereocenters. The molecule has 4 rings (SSSR count). The van der Waals surface area contributed by atoms with Crippen LogP contribution in [-0.2, 0) is 4.79 Å². The summed E-state index contributed by atoms with van der Waals surface area (Å²) in [4.78, 5) is 28.8. The second-order valence-corrected chi connectivity index (χ2v) is 8.38. The van der Waals surface area contributed by atoms with E-state index in [4.69, 9.17) is 4.74 Å². The lowest BCUT2D eigenvalue weighted by Crippen LogP contribution is -2.47. The Balaban J connectivity index is 1.76. The molecule has 1 aliphatic carbocycles. The van der Waals surface area contributed by atoms with E-state index in [1.807, 2.05) is 30.3 Å². The van der Waals surface area contributed by atoms with Crippen molar-refractivity contribution >= 4 is 29.2 Å². The standard InChI is InChI=1S/C24H26N4O3S/c1-31-20-14-12-19(13-15-20)28(24(30)21-16-25-32-27-21)22(17-8-4-2-5-9-17)23(29)26-18-10-6-3-7-11-18/h2,4-5,8-9,12-16,18,22H,3,6-7,10-11H2,1H3,(H,26,29). The quantitative estimate of drug-likeness (QED) is 0.577. The monoisotopic (exact) mass is 450 g/mol. The summed E-state index contributed by atoms with van der Waals surface area (Å²) in [6, 6.07) is 15.8. The van der Waals surface area contributed by atoms with Crippen molar-refractivity contribution in [3.05, 3.63) is 72.1 Å². The average molecular weight is 451 g/mol. The Kier molecular flexibility index (Phi) is 7.11. The van der Waals surface area contributed by atoms with Gasteiger partial charge in [-0.05, 0) is 42.7 Å². The first-order valence-electron chi connectivity index (χ1n) is 10.8. The number of carbonyl (C=O) groups excluding carboxylic acids is 2. The van der Waals surface area contributed by atoms with E-state index in [9.17, 15) is 9.59 Å². The Morgan fingerprint density at radius 1 is 1.06 bits per heavy atom. The number of hydrogen-bond acceptors (Lipinski definition) is 6. The second kappa shape index (κ2) is 10.4. The van der Waals surface area contributed by atoms with E-state index in [0.29, 0.717) is 11.4 Å². The molecule has 0 bridgehead atoms. The molecule has 3 aromatic rings. The molecule has 0 spiro atoms. The first-order valence-corrected chi connectivity index (χ1v) is 11.5. The number of benzene rings is 2. The number of nitrogens with one attached hydrogen (secondary N) is 1. The van der Waals surface area contributed by atoms with Gasteiger partial charge in [0, 0.05) is 11.7 Å². The van der Waals surface area contributed by atoms with Gasteiger partial charge in [0.1, 0.15) is 11.8 Å². The maximum absolute atomic E-state index is 13.7. The Bertz CT molecular complexity index is 1020. The van der Waals surface area contributed by atoms with Gasteiger partial charge in [-0.1, -0.05) is 49.6 Å². The molecule has 1 saturated carbocycles. The number of anilines is 1. The van der Waals surface area contributed by atoms with Crippen LogP contribution in [0.5, 0.6) is 5.75 Å². The maximum Gasteiger partial charge on any atom is 0.280 e. The van der Waals surface area contributed by atoms with Crippen molar-refractivity contribution in [3.63, 3.8) is 0 Å². The SMILES string of the molecule is COc1ccc(N(C(=O)c2cnsn2)C(C(=O)NC2CCCCC2)c2ccccc2)cc1. The molecule has 2 aromatic carbocycles. The predicted molar refractivity (Wildman–Crippen MR) is 124 cm³/mol. The number of amides is 2. The van der Waals surface area contributed by atoms with Gasteiger partial charge < -0.3 is 10.1 Å². The fourth-order valence-corrected chi connectivity index (χ4v) is 4.50. The zero-order valence-electron chi connectivity index (χ0n) is 17.9. The third-order valence-corrected chi connectivity index (χ3v) is 6.20. The number of nitrogens with zero attached hydrogens (tertiary/aromatic N) is 3. The van der Waals surface area contributed by atoms with Crippen LogP contribution in [0.3, 0.4) is 0 Å². The van der Waals surface area contributed by atoms with Gasteiger partial charge in [0.25, 0.3) is 5.91 Å². The highest BCUT2D eigenvalue weighted by molar-refractivity contribution is 6.99. The third-order valence-electron chi connectivity index (χ3n) is 5.72. The summed E-state index contributed by atoms with van der Waals surface area (Å²) in [5, 5.41) is 3.20. The maximum atomic E-state index is 13.7. The number of rotatable bonds is 7. The molecule has 0 radical (unpaired) electrons. The van der Waals surface area contributed by atoms with E-state index in [1.54, 1.807) is 31.4 Å². The summed E-state index contributed by atoms with van der Waals surface area (Å²) < 4.78 is 13.4. The smallest absolute Gasteiger partial charge is 0.280 e. The summed E-state index contributed by atoms with van der Waals surface area (Å²) in [7, 11) is 1.59. The van der Waals surface area contributed by atoms with Crippen molar-refractivity contribution in [1.29, 1.82) is 0 Å². The average Bonchev–Trinajstić information content (AvgIpc) is 3.38. The van der Waals surface area contributed by atoms with Gasteiger partial charge in [0.2, 0.25) is 5.91 Å². The van der Waals surface area contributed by atoms with E-state index in [-0.39, 0.29) is 23.6 Å². The fourth-order valence-electron chi connectivity index (χ4n) is 4.09. The third kappa shape index (κ3) is 4.96. The fraction of sp³-hybridized carbons (Fsp3) is 0.333. The van der Waals surface area contributed by atoms with Gasteiger partial charge in [-0.25, -0.2) is 0 Å². The number of methoxy groups -OCH3 is 1. The molecule has 32 heavy (non-hydrogen) atoms. The van der Waals surface area contributed by atoms with Gasteiger partial charge in [0.15, 0.2) is 5.69 Å². The molecule has 2 amide bonds. The number of ether oxygens (including phenoxy) is 1. The number of hydrogen-bond donors (Lipinski definition) is 1. The van der Waals surface area contributed by atoms with Crippen LogP contribution in [0.15, 0.2) is 60.8 Å². The highest BCUT2D eigenvalue weighted by atomic mass is 32.1. The Morgan fingerprint density at radius 3 is 2.41 bits per heavy atom. The first kappa shape index (κ1) is 22.0. The Morgan fingerprint density at radius 2 is 1.78 bits per heavy atom. The summed E-state index contributed by atoms with van der Waals surface area (Å²) in [5.41, 5.74) is 1.52. The Labute approximate surface area is 191 Å². The second-order valence-electron chi connectivity index (χ2n) is 7.82. The topological polar surface area (TPSA) is 84.4 Å². The van der Waals surface area contributed by atoms with Crippen LogP contribution in [0.25, 0.3) is 0 Å². The van der Waals surface area contributed by atoms with Crippen molar-refractivity contribution in [1.82, 2.24) is 14.1 Å². The van der Waals surface area contributed by atoms with Crippen LogP contribution in [0.2, 0.25) is 0 Å². The largest absolute Gasteiger partial charge is 0.497 e.